The minimum Gasteiger partial charge on any atom is -0.508 e. The van der Waals surface area contributed by atoms with Crippen LogP contribution < -0.4 is 16.5 Å². The molecule has 8 nitrogen and oxygen atoms in total. The maximum absolute atomic E-state index is 12.6. The summed E-state index contributed by atoms with van der Waals surface area (Å²) >= 11 is 0. The molecule has 0 fully saturated rings. The number of carbonyl (C=O) groups excluding carboxylic acids is 2. The fourth-order valence-electron chi connectivity index (χ4n) is 2.92. The second-order valence-corrected chi connectivity index (χ2v) is 7.16. The largest absolute Gasteiger partial charge is 0.508 e. The third-order valence-corrected chi connectivity index (χ3v) is 4.76. The molecule has 0 aliphatic heterocycles. The van der Waals surface area contributed by atoms with Crippen LogP contribution in [0.4, 0.5) is 5.69 Å². The van der Waals surface area contributed by atoms with Crippen LogP contribution in [0.25, 0.3) is 0 Å². The number of hydroxylamine groups is 1. The molecule has 7 N–H and O–H groups in total. The summed E-state index contributed by atoms with van der Waals surface area (Å²) in [6, 6.07) is 17.3. The Bertz CT molecular complexity index is 1280. The second kappa shape index (κ2) is 11.2. The lowest BCUT2D eigenvalue weighted by Crippen LogP contribution is -2.49. The van der Waals surface area contributed by atoms with E-state index in [0.29, 0.717) is 11.3 Å². The number of hydrogen-bond acceptors (Lipinski definition) is 6. The van der Waals surface area contributed by atoms with Crippen molar-refractivity contribution in [2.24, 2.45) is 0 Å². The third-order valence-electron chi connectivity index (χ3n) is 4.76. The van der Waals surface area contributed by atoms with Crippen LogP contribution in [0.1, 0.15) is 33.2 Å². The van der Waals surface area contributed by atoms with Crippen molar-refractivity contribution >= 4 is 17.5 Å². The average Bonchev–Trinajstić information content (AvgIpc) is 2.86. The molecule has 0 aliphatic rings. The van der Waals surface area contributed by atoms with Gasteiger partial charge in [-0.05, 0) is 78.1 Å². The number of nitrogen functional groups attached to an aromatic ring is 1. The van der Waals surface area contributed by atoms with E-state index in [1.54, 1.807) is 36.4 Å². The van der Waals surface area contributed by atoms with E-state index in [1.165, 1.54) is 41.9 Å². The molecule has 3 aromatic rings. The Balaban J connectivity index is 1.68. The number of hydrogen-bond donors (Lipinski definition) is 6. The van der Waals surface area contributed by atoms with Crippen LogP contribution in [0.3, 0.4) is 0 Å². The number of anilines is 1. The van der Waals surface area contributed by atoms with E-state index in [-0.39, 0.29) is 16.9 Å². The third kappa shape index (κ3) is 6.38. The van der Waals surface area contributed by atoms with E-state index < -0.39 is 24.0 Å². The maximum atomic E-state index is 12.6. The number of nitrogens with two attached hydrogens (primary N) is 1. The zero-order valence-electron chi connectivity index (χ0n) is 17.8. The lowest BCUT2D eigenvalue weighted by atomic mass is 10.0. The monoisotopic (exact) mass is 455 g/mol. The van der Waals surface area contributed by atoms with Crippen LogP contribution >= 0.6 is 0 Å². The van der Waals surface area contributed by atoms with Gasteiger partial charge in [-0.25, -0.2) is 5.48 Å². The molecule has 3 rings (SSSR count). The smallest absolute Gasteiger partial charge is 0.268 e. The van der Waals surface area contributed by atoms with Gasteiger partial charge in [-0.3, -0.25) is 14.8 Å². The second-order valence-electron chi connectivity index (χ2n) is 7.16. The van der Waals surface area contributed by atoms with Gasteiger partial charge in [-0.2, -0.15) is 0 Å². The van der Waals surface area contributed by atoms with E-state index in [1.807, 2.05) is 0 Å². The number of aliphatic hydroxyl groups excluding tert-OH is 1. The summed E-state index contributed by atoms with van der Waals surface area (Å²) in [4.78, 5) is 24.7. The number of nitrogens with one attached hydrogen (secondary N) is 2. The highest BCUT2D eigenvalue weighted by Crippen LogP contribution is 2.20. The predicted molar refractivity (Wildman–Crippen MR) is 125 cm³/mol. The summed E-state index contributed by atoms with van der Waals surface area (Å²) in [5, 5.41) is 31.3. The van der Waals surface area contributed by atoms with Crippen molar-refractivity contribution in [1.82, 2.24) is 10.8 Å². The molecule has 2 atom stereocenters. The van der Waals surface area contributed by atoms with Gasteiger partial charge in [-0.1, -0.05) is 24.0 Å². The van der Waals surface area contributed by atoms with E-state index in [2.05, 4.69) is 29.0 Å². The van der Waals surface area contributed by atoms with Gasteiger partial charge < -0.3 is 21.3 Å². The van der Waals surface area contributed by atoms with Gasteiger partial charge in [0.2, 0.25) is 0 Å². The zero-order chi connectivity index (χ0) is 24.5. The van der Waals surface area contributed by atoms with E-state index >= 15 is 0 Å². The lowest BCUT2D eigenvalue weighted by Gasteiger charge is -2.22. The van der Waals surface area contributed by atoms with Gasteiger partial charge in [0.1, 0.15) is 17.9 Å². The minimum absolute atomic E-state index is 0.0254. The SMILES string of the molecule is Nc1ccc(C#CC#Cc2ccc(C(=O)N[C@H](C(=O)NO)[C@H](O)c3ccc(O)cc3)cc2)cc1. The predicted octanol–water partition coefficient (Wildman–Crippen LogP) is 1.71. The van der Waals surface area contributed by atoms with E-state index in [0.717, 1.165) is 5.56 Å². The number of rotatable bonds is 5. The Morgan fingerprint density at radius 2 is 1.35 bits per heavy atom. The number of carbonyl (C=O) groups is 2. The van der Waals surface area contributed by atoms with Gasteiger partial charge >= 0.3 is 0 Å². The molecule has 8 heteroatoms. The highest BCUT2D eigenvalue weighted by molar-refractivity contribution is 5.97. The maximum Gasteiger partial charge on any atom is 0.268 e. The molecule has 0 aliphatic carbocycles. The lowest BCUT2D eigenvalue weighted by molar-refractivity contribution is -0.134. The highest BCUT2D eigenvalue weighted by atomic mass is 16.5. The van der Waals surface area contributed by atoms with Crippen LogP contribution in [0.15, 0.2) is 72.8 Å². The Hall–Kier alpha value is -4.76. The van der Waals surface area contributed by atoms with Crippen molar-refractivity contribution in [1.29, 1.82) is 0 Å². The molecule has 0 bridgehead atoms. The molecule has 0 saturated carbocycles. The van der Waals surface area contributed by atoms with Gasteiger partial charge in [0.05, 0.1) is 0 Å². The Morgan fingerprint density at radius 3 is 1.88 bits per heavy atom. The Kier molecular flexibility index (Phi) is 7.88. The Morgan fingerprint density at radius 1 is 0.824 bits per heavy atom. The number of amides is 2. The zero-order valence-corrected chi connectivity index (χ0v) is 17.8. The number of benzene rings is 3. The molecule has 0 aromatic heterocycles. The summed E-state index contributed by atoms with van der Waals surface area (Å²) in [5.41, 5.74) is 9.60. The van der Waals surface area contributed by atoms with Crippen molar-refractivity contribution in [2.45, 2.75) is 12.1 Å². The molecule has 3 aromatic carbocycles. The number of phenols is 1. The molecule has 2 amide bonds. The normalized spacial score (nSPS) is 11.6. The first-order chi connectivity index (χ1) is 16.4. The van der Waals surface area contributed by atoms with Gasteiger partial charge in [0.25, 0.3) is 11.8 Å². The van der Waals surface area contributed by atoms with Crippen LogP contribution in [0.5, 0.6) is 5.75 Å². The standard InChI is InChI=1S/C26H21N3O5/c27-21-13-7-18(8-14-21)4-2-1-3-17-5-9-20(10-6-17)25(32)28-23(26(33)29-34)24(31)19-11-15-22(30)16-12-19/h5-16,23-24,30-31,34H,27H2,(H,28,32)(H,29,33)/t23-,24+/m0/s1. The number of aromatic hydroxyl groups is 1. The molecular weight excluding hydrogens is 434 g/mol. The summed E-state index contributed by atoms with van der Waals surface area (Å²) in [6.07, 6.45) is -1.47. The fraction of sp³-hybridized carbons (Fsp3) is 0.0769. The first kappa shape index (κ1) is 23.9. The van der Waals surface area contributed by atoms with Gasteiger partial charge in [0, 0.05) is 22.4 Å². The van der Waals surface area contributed by atoms with Crippen molar-refractivity contribution in [3.8, 4) is 29.4 Å². The van der Waals surface area contributed by atoms with Crippen LogP contribution in [-0.4, -0.2) is 33.3 Å². The van der Waals surface area contributed by atoms with Crippen molar-refractivity contribution < 1.29 is 25.0 Å². The molecule has 0 unspecified atom stereocenters. The summed E-state index contributed by atoms with van der Waals surface area (Å²) in [6.45, 7) is 0. The first-order valence-corrected chi connectivity index (χ1v) is 10.1. The Labute approximate surface area is 196 Å². The van der Waals surface area contributed by atoms with Gasteiger partial charge in [0.15, 0.2) is 0 Å². The summed E-state index contributed by atoms with van der Waals surface area (Å²) in [7, 11) is 0. The number of phenolic OH excluding ortho intramolecular Hbond substituents is 1. The van der Waals surface area contributed by atoms with Crippen LogP contribution in [0.2, 0.25) is 0 Å². The van der Waals surface area contributed by atoms with Crippen LogP contribution in [0, 0.1) is 23.7 Å². The summed E-state index contributed by atoms with van der Waals surface area (Å²) in [5.74, 6) is 9.56. The molecule has 0 saturated heterocycles. The van der Waals surface area contributed by atoms with Crippen molar-refractivity contribution in [3.63, 3.8) is 0 Å². The topological polar surface area (TPSA) is 145 Å². The van der Waals surface area contributed by atoms with Crippen LogP contribution in [-0.2, 0) is 4.79 Å². The first-order valence-electron chi connectivity index (χ1n) is 10.1. The minimum atomic E-state index is -1.48. The molecule has 0 radical (unpaired) electrons. The summed E-state index contributed by atoms with van der Waals surface area (Å²) < 4.78 is 0. The molecule has 0 heterocycles. The highest BCUT2D eigenvalue weighted by Gasteiger charge is 2.30. The average molecular weight is 455 g/mol. The van der Waals surface area contributed by atoms with E-state index in [9.17, 15) is 19.8 Å². The molecule has 0 spiro atoms. The quantitative estimate of drug-likeness (QED) is 0.150. The molecule has 34 heavy (non-hydrogen) atoms. The molecule has 170 valence electrons. The van der Waals surface area contributed by atoms with Crippen molar-refractivity contribution in [3.05, 3.63) is 95.1 Å². The van der Waals surface area contributed by atoms with E-state index in [4.69, 9.17) is 10.9 Å². The molecular formula is C26H21N3O5. The fourth-order valence-corrected chi connectivity index (χ4v) is 2.92. The van der Waals surface area contributed by atoms with Crippen molar-refractivity contribution in [2.75, 3.05) is 5.73 Å². The number of aliphatic hydroxyl groups is 1. The van der Waals surface area contributed by atoms with Gasteiger partial charge in [-0.15, -0.1) is 0 Å².